The molecule has 0 fully saturated rings. The molecule has 0 aliphatic rings. The van der Waals surface area contributed by atoms with Gasteiger partial charge in [0.05, 0.1) is 0 Å². The molecule has 0 aromatic carbocycles. The lowest BCUT2D eigenvalue weighted by Gasteiger charge is -1.86. The third-order valence-electron chi connectivity index (χ3n) is 0.729. The van der Waals surface area contributed by atoms with Crippen LogP contribution in [-0.2, 0) is 0 Å². The normalized spacial score (nSPS) is 8.12. The van der Waals surface area contributed by atoms with Gasteiger partial charge in [0, 0.05) is 11.5 Å². The van der Waals surface area contributed by atoms with Crippen LogP contribution in [0.3, 0.4) is 0 Å². The maximum Gasteiger partial charge on any atom is 0.0258 e. The van der Waals surface area contributed by atoms with E-state index in [4.69, 9.17) is 5.53 Å². The first kappa shape index (κ1) is 7.66. The highest BCUT2D eigenvalue weighted by atomic mass is 32.1. The number of azide groups is 1. The van der Waals surface area contributed by atoms with E-state index >= 15 is 0 Å². The first-order valence-electron chi connectivity index (χ1n) is 2.53. The summed E-state index contributed by atoms with van der Waals surface area (Å²) in [6.45, 7) is 0.608. The van der Waals surface area contributed by atoms with Crippen molar-refractivity contribution in [1.29, 1.82) is 0 Å². The molecule has 46 valence electrons. The zero-order chi connectivity index (χ0) is 6.24. The second-order valence-electron chi connectivity index (χ2n) is 1.39. The van der Waals surface area contributed by atoms with Gasteiger partial charge in [0.25, 0.3) is 0 Å². The highest BCUT2D eigenvalue weighted by Crippen LogP contribution is 1.90. The molecule has 0 unspecified atom stereocenters. The lowest BCUT2D eigenvalue weighted by molar-refractivity contribution is 0.811. The van der Waals surface area contributed by atoms with Gasteiger partial charge in [-0.25, -0.2) is 0 Å². The summed E-state index contributed by atoms with van der Waals surface area (Å²) in [7, 11) is 0. The number of rotatable bonds is 4. The highest BCUT2D eigenvalue weighted by Gasteiger charge is 1.79. The van der Waals surface area contributed by atoms with Gasteiger partial charge in [0.2, 0.25) is 0 Å². The Labute approximate surface area is 54.1 Å². The van der Waals surface area contributed by atoms with E-state index < -0.39 is 0 Å². The minimum atomic E-state index is 0.608. The van der Waals surface area contributed by atoms with Crippen LogP contribution in [0.25, 0.3) is 10.4 Å². The van der Waals surface area contributed by atoms with Gasteiger partial charge < -0.3 is 0 Å². The summed E-state index contributed by atoms with van der Waals surface area (Å²) in [4.78, 5) is 2.61. The molecule has 0 atom stereocenters. The van der Waals surface area contributed by atoms with E-state index in [0.717, 1.165) is 18.6 Å². The van der Waals surface area contributed by atoms with Crippen molar-refractivity contribution in [1.82, 2.24) is 0 Å². The quantitative estimate of drug-likeness (QED) is 0.199. The minimum Gasteiger partial charge on any atom is -0.179 e. The second-order valence-corrected chi connectivity index (χ2v) is 1.83. The van der Waals surface area contributed by atoms with Crippen LogP contribution < -0.4 is 0 Å². The maximum absolute atomic E-state index is 7.80. The lowest BCUT2D eigenvalue weighted by atomic mass is 10.3. The fraction of sp³-hybridized carbons (Fsp3) is 1.00. The van der Waals surface area contributed by atoms with Crippen LogP contribution in [0.15, 0.2) is 5.11 Å². The van der Waals surface area contributed by atoms with Crippen LogP contribution in [-0.4, -0.2) is 12.3 Å². The fourth-order valence-electron chi connectivity index (χ4n) is 0.339. The van der Waals surface area contributed by atoms with Crippen LogP contribution in [0.2, 0.25) is 0 Å². The predicted molar refractivity (Wildman–Crippen MR) is 37.1 cm³/mol. The van der Waals surface area contributed by atoms with Gasteiger partial charge in [-0.05, 0) is 24.1 Å². The van der Waals surface area contributed by atoms with Crippen LogP contribution in [0.1, 0.15) is 12.8 Å². The largest absolute Gasteiger partial charge is 0.179 e. The number of hydrogen-bond donors (Lipinski definition) is 1. The average Bonchev–Trinajstić information content (AvgIpc) is 1.81. The number of unbranched alkanes of at least 4 members (excludes halogenated alkanes) is 1. The number of nitrogens with zero attached hydrogens (tertiary/aromatic N) is 3. The van der Waals surface area contributed by atoms with Crippen molar-refractivity contribution in [3.63, 3.8) is 0 Å². The van der Waals surface area contributed by atoms with Crippen molar-refractivity contribution in [2.75, 3.05) is 12.3 Å². The second kappa shape index (κ2) is 6.66. The van der Waals surface area contributed by atoms with Crippen LogP contribution >= 0.6 is 12.6 Å². The molecule has 0 rings (SSSR count). The number of hydrogen-bond acceptors (Lipinski definition) is 2. The molecule has 0 saturated heterocycles. The SMILES string of the molecule is [N-]=[N+]=NCCCCS. The molecule has 0 aliphatic heterocycles. The molecule has 8 heavy (non-hydrogen) atoms. The van der Waals surface area contributed by atoms with E-state index in [1.165, 1.54) is 0 Å². The first-order valence-corrected chi connectivity index (χ1v) is 3.16. The van der Waals surface area contributed by atoms with Gasteiger partial charge in [-0.2, -0.15) is 12.6 Å². The Kier molecular flexibility index (Phi) is 6.38. The minimum absolute atomic E-state index is 0.608. The highest BCUT2D eigenvalue weighted by molar-refractivity contribution is 7.80. The van der Waals surface area contributed by atoms with Crippen LogP contribution in [0.4, 0.5) is 0 Å². The van der Waals surface area contributed by atoms with E-state index in [1.54, 1.807) is 0 Å². The Balaban J connectivity index is 2.82. The molecule has 3 nitrogen and oxygen atoms in total. The Morgan fingerprint density at radius 2 is 2.25 bits per heavy atom. The van der Waals surface area contributed by atoms with Crippen molar-refractivity contribution in [2.45, 2.75) is 12.8 Å². The van der Waals surface area contributed by atoms with Crippen molar-refractivity contribution < 1.29 is 0 Å². The molecule has 4 heteroatoms. The third-order valence-corrected chi connectivity index (χ3v) is 1.05. The Morgan fingerprint density at radius 1 is 1.50 bits per heavy atom. The Bertz CT molecular complexity index is 87.3. The molecule has 0 aliphatic carbocycles. The lowest BCUT2D eigenvalue weighted by Crippen LogP contribution is -1.79. The van der Waals surface area contributed by atoms with E-state index in [-0.39, 0.29) is 0 Å². The summed E-state index contributed by atoms with van der Waals surface area (Å²) in [6, 6.07) is 0. The summed E-state index contributed by atoms with van der Waals surface area (Å²) in [5, 5.41) is 3.36. The van der Waals surface area contributed by atoms with Crippen molar-refractivity contribution in [2.24, 2.45) is 5.11 Å². The van der Waals surface area contributed by atoms with Crippen LogP contribution in [0.5, 0.6) is 0 Å². The smallest absolute Gasteiger partial charge is 0.0258 e. The van der Waals surface area contributed by atoms with E-state index in [9.17, 15) is 0 Å². The van der Waals surface area contributed by atoms with Crippen molar-refractivity contribution in [3.05, 3.63) is 10.4 Å². The zero-order valence-electron chi connectivity index (χ0n) is 4.62. The molecule has 0 radical (unpaired) electrons. The van der Waals surface area contributed by atoms with E-state index in [2.05, 4.69) is 22.7 Å². The number of thiol groups is 1. The Morgan fingerprint density at radius 3 is 2.75 bits per heavy atom. The summed E-state index contributed by atoms with van der Waals surface area (Å²) >= 11 is 3.99. The van der Waals surface area contributed by atoms with Crippen molar-refractivity contribution >= 4 is 12.6 Å². The van der Waals surface area contributed by atoms with Gasteiger partial charge in [0.15, 0.2) is 0 Å². The van der Waals surface area contributed by atoms with E-state index in [0.29, 0.717) is 6.54 Å². The topological polar surface area (TPSA) is 48.8 Å². The summed E-state index contributed by atoms with van der Waals surface area (Å²) < 4.78 is 0. The molecule has 0 aromatic heterocycles. The average molecular weight is 131 g/mol. The predicted octanol–water partition coefficient (Wildman–Crippen LogP) is 2.01. The molecule has 0 amide bonds. The Hall–Kier alpha value is -0.340. The first-order chi connectivity index (χ1) is 3.91. The van der Waals surface area contributed by atoms with Crippen molar-refractivity contribution in [3.8, 4) is 0 Å². The van der Waals surface area contributed by atoms with Gasteiger partial charge in [-0.3, -0.25) is 0 Å². The maximum atomic E-state index is 7.80. The molecule has 0 saturated carbocycles. The van der Waals surface area contributed by atoms with Gasteiger partial charge in [0.1, 0.15) is 0 Å². The molecule has 0 heterocycles. The molecule has 0 aromatic rings. The van der Waals surface area contributed by atoms with Crippen LogP contribution in [0, 0.1) is 0 Å². The summed E-state index contributed by atoms with van der Waals surface area (Å²) in [5.41, 5.74) is 7.80. The summed E-state index contributed by atoms with van der Waals surface area (Å²) in [6.07, 6.45) is 1.98. The van der Waals surface area contributed by atoms with Gasteiger partial charge in [-0.15, -0.1) is 0 Å². The molecule has 0 N–H and O–H groups in total. The van der Waals surface area contributed by atoms with Gasteiger partial charge in [-0.1, -0.05) is 5.11 Å². The molecule has 0 bridgehead atoms. The standard InChI is InChI=1S/C4H9N3S/c5-7-6-3-1-2-4-8/h8H,1-4H2. The summed E-state index contributed by atoms with van der Waals surface area (Å²) in [5.74, 6) is 0.876. The molecular formula is C4H9N3S. The molecule has 0 spiro atoms. The van der Waals surface area contributed by atoms with E-state index in [1.807, 2.05) is 0 Å². The molecular weight excluding hydrogens is 122 g/mol. The fourth-order valence-corrected chi connectivity index (χ4v) is 0.563. The third kappa shape index (κ3) is 5.66. The van der Waals surface area contributed by atoms with Gasteiger partial charge >= 0.3 is 0 Å². The monoisotopic (exact) mass is 131 g/mol. The zero-order valence-corrected chi connectivity index (χ0v) is 5.51.